The van der Waals surface area contributed by atoms with Crippen molar-refractivity contribution in [1.29, 1.82) is 0 Å². The van der Waals surface area contributed by atoms with Crippen LogP contribution >= 0.6 is 0 Å². The summed E-state index contributed by atoms with van der Waals surface area (Å²) < 4.78 is 1.96. The van der Waals surface area contributed by atoms with Gasteiger partial charge in [-0.15, -0.1) is 0 Å². The molecular weight excluding hydrogens is 408 g/mol. The van der Waals surface area contributed by atoms with Crippen molar-refractivity contribution in [2.24, 2.45) is 0 Å². The molecule has 0 saturated carbocycles. The van der Waals surface area contributed by atoms with E-state index in [0.29, 0.717) is 18.8 Å². The smallest absolute Gasteiger partial charge is 0.272 e. The van der Waals surface area contributed by atoms with Crippen LogP contribution in [0.4, 0.5) is 0 Å². The van der Waals surface area contributed by atoms with E-state index in [1.54, 1.807) is 0 Å². The maximum atomic E-state index is 13.6. The molecule has 0 bridgehead atoms. The number of hydrogen-bond acceptors (Lipinski definition) is 3. The van der Waals surface area contributed by atoms with Gasteiger partial charge in [0.2, 0.25) is 0 Å². The number of amides is 1. The highest BCUT2D eigenvalue weighted by Gasteiger charge is 2.30. The Morgan fingerprint density at radius 1 is 0.909 bits per heavy atom. The standard InChI is InChI=1S/C28H30N4O/c1-3-24-27(32-15-14-21(2)20-25(32)29-24)28(33)31-18-16-30(17-19-31)26(22-10-6-4-7-11-22)23-12-8-5-9-13-23/h4-15,20,26H,3,16-19H2,1-2H3. The highest BCUT2D eigenvalue weighted by atomic mass is 16.2. The number of carbonyl (C=O) groups excluding carboxylic acids is 1. The predicted octanol–water partition coefficient (Wildman–Crippen LogP) is 4.75. The first-order valence-electron chi connectivity index (χ1n) is 11.8. The highest BCUT2D eigenvalue weighted by molar-refractivity contribution is 5.95. The highest BCUT2D eigenvalue weighted by Crippen LogP contribution is 2.30. The van der Waals surface area contributed by atoms with Gasteiger partial charge in [0, 0.05) is 32.4 Å². The average molecular weight is 439 g/mol. The lowest BCUT2D eigenvalue weighted by molar-refractivity contribution is 0.0589. The number of aromatic nitrogens is 2. The van der Waals surface area contributed by atoms with Gasteiger partial charge in [-0.05, 0) is 42.2 Å². The second-order valence-corrected chi connectivity index (χ2v) is 8.75. The van der Waals surface area contributed by atoms with Crippen molar-refractivity contribution in [2.45, 2.75) is 26.3 Å². The lowest BCUT2D eigenvalue weighted by Crippen LogP contribution is -2.50. The number of pyridine rings is 1. The molecule has 1 saturated heterocycles. The summed E-state index contributed by atoms with van der Waals surface area (Å²) in [6, 6.07) is 25.6. The van der Waals surface area contributed by atoms with Crippen molar-refractivity contribution in [3.8, 4) is 0 Å². The molecule has 168 valence electrons. The van der Waals surface area contributed by atoms with Gasteiger partial charge in [0.15, 0.2) is 0 Å². The molecule has 2 aromatic carbocycles. The molecule has 1 aliphatic rings. The molecule has 2 aromatic heterocycles. The Kier molecular flexibility index (Phi) is 5.97. The molecule has 0 aliphatic carbocycles. The Morgan fingerprint density at radius 2 is 1.52 bits per heavy atom. The summed E-state index contributed by atoms with van der Waals surface area (Å²) in [7, 11) is 0. The molecule has 1 fully saturated rings. The zero-order valence-corrected chi connectivity index (χ0v) is 19.3. The van der Waals surface area contributed by atoms with E-state index in [9.17, 15) is 4.79 Å². The van der Waals surface area contributed by atoms with Crippen LogP contribution in [0.5, 0.6) is 0 Å². The summed E-state index contributed by atoms with van der Waals surface area (Å²) in [5, 5.41) is 0. The van der Waals surface area contributed by atoms with Gasteiger partial charge < -0.3 is 4.90 Å². The number of hydrogen-bond donors (Lipinski definition) is 0. The molecule has 1 amide bonds. The zero-order valence-electron chi connectivity index (χ0n) is 19.3. The van der Waals surface area contributed by atoms with Gasteiger partial charge >= 0.3 is 0 Å². The monoisotopic (exact) mass is 438 g/mol. The lowest BCUT2D eigenvalue weighted by Gasteiger charge is -2.39. The summed E-state index contributed by atoms with van der Waals surface area (Å²) in [5.74, 6) is 0.0822. The van der Waals surface area contributed by atoms with Gasteiger partial charge in [-0.3, -0.25) is 14.1 Å². The summed E-state index contributed by atoms with van der Waals surface area (Å²) in [6.07, 6.45) is 2.72. The van der Waals surface area contributed by atoms with Gasteiger partial charge in [-0.1, -0.05) is 67.6 Å². The number of piperazine rings is 1. The zero-order chi connectivity index (χ0) is 22.8. The first-order valence-corrected chi connectivity index (χ1v) is 11.8. The minimum atomic E-state index is 0.0822. The maximum absolute atomic E-state index is 13.6. The largest absolute Gasteiger partial charge is 0.335 e. The number of fused-ring (bicyclic) bond motifs is 1. The molecule has 4 aromatic rings. The summed E-state index contributed by atoms with van der Waals surface area (Å²) in [6.45, 7) is 7.19. The molecule has 0 atom stereocenters. The molecular formula is C28H30N4O. The number of carbonyl (C=O) groups is 1. The van der Waals surface area contributed by atoms with Gasteiger partial charge in [0.1, 0.15) is 11.3 Å². The van der Waals surface area contributed by atoms with Gasteiger partial charge in [0.05, 0.1) is 11.7 Å². The third-order valence-electron chi connectivity index (χ3n) is 6.59. The summed E-state index contributed by atoms with van der Waals surface area (Å²) in [5.41, 5.74) is 6.16. The first kappa shape index (κ1) is 21.4. The normalized spacial score (nSPS) is 14.8. The van der Waals surface area contributed by atoms with E-state index in [4.69, 9.17) is 4.98 Å². The number of nitrogens with zero attached hydrogens (tertiary/aromatic N) is 4. The minimum Gasteiger partial charge on any atom is -0.335 e. The molecule has 0 N–H and O–H groups in total. The maximum Gasteiger partial charge on any atom is 0.272 e. The fourth-order valence-corrected chi connectivity index (χ4v) is 4.89. The van der Waals surface area contributed by atoms with Gasteiger partial charge in [0.25, 0.3) is 5.91 Å². The van der Waals surface area contributed by atoms with Gasteiger partial charge in [-0.2, -0.15) is 0 Å². The molecule has 33 heavy (non-hydrogen) atoms. The Bertz CT molecular complexity index is 1200. The second-order valence-electron chi connectivity index (χ2n) is 8.75. The van der Waals surface area contributed by atoms with Crippen LogP contribution in [0.3, 0.4) is 0 Å². The quantitative estimate of drug-likeness (QED) is 0.451. The Morgan fingerprint density at radius 3 is 2.09 bits per heavy atom. The molecule has 5 heteroatoms. The van der Waals surface area contributed by atoms with Crippen LogP contribution in [0.1, 0.15) is 45.8 Å². The fraction of sp³-hybridized carbons (Fsp3) is 0.286. The van der Waals surface area contributed by atoms with Crippen LogP contribution in [0, 0.1) is 6.92 Å². The van der Waals surface area contributed by atoms with Crippen molar-refractivity contribution < 1.29 is 4.79 Å². The molecule has 3 heterocycles. The van der Waals surface area contributed by atoms with Crippen LogP contribution in [0.2, 0.25) is 0 Å². The van der Waals surface area contributed by atoms with Crippen LogP contribution in [0.25, 0.3) is 5.65 Å². The van der Waals surface area contributed by atoms with E-state index in [-0.39, 0.29) is 11.9 Å². The minimum absolute atomic E-state index is 0.0822. The molecule has 0 spiro atoms. The van der Waals surface area contributed by atoms with Crippen molar-refractivity contribution in [1.82, 2.24) is 19.2 Å². The average Bonchev–Trinajstić information content (AvgIpc) is 3.23. The van der Waals surface area contributed by atoms with E-state index >= 15 is 0 Å². The SMILES string of the molecule is CCc1nc2cc(C)ccn2c1C(=O)N1CCN(C(c2ccccc2)c2ccccc2)CC1. The summed E-state index contributed by atoms with van der Waals surface area (Å²) in [4.78, 5) is 22.8. The number of aryl methyl sites for hydroxylation is 2. The first-order chi connectivity index (χ1) is 16.2. The van der Waals surface area contributed by atoms with Gasteiger partial charge in [-0.25, -0.2) is 4.98 Å². The van der Waals surface area contributed by atoms with Crippen LogP contribution in [-0.2, 0) is 6.42 Å². The van der Waals surface area contributed by atoms with E-state index in [2.05, 4.69) is 79.4 Å². The number of rotatable bonds is 5. The van der Waals surface area contributed by atoms with E-state index in [0.717, 1.165) is 36.4 Å². The fourth-order valence-electron chi connectivity index (χ4n) is 4.89. The summed E-state index contributed by atoms with van der Waals surface area (Å²) >= 11 is 0. The second kappa shape index (κ2) is 9.20. The Balaban J connectivity index is 1.38. The topological polar surface area (TPSA) is 40.9 Å². The predicted molar refractivity (Wildman–Crippen MR) is 132 cm³/mol. The molecule has 0 radical (unpaired) electrons. The van der Waals surface area contributed by atoms with Crippen LogP contribution in [-0.4, -0.2) is 51.3 Å². The van der Waals surface area contributed by atoms with Crippen molar-refractivity contribution in [3.05, 3.63) is 107 Å². The number of benzene rings is 2. The van der Waals surface area contributed by atoms with E-state index < -0.39 is 0 Å². The third-order valence-corrected chi connectivity index (χ3v) is 6.59. The number of imidazole rings is 1. The Hall–Kier alpha value is -3.44. The van der Waals surface area contributed by atoms with E-state index in [1.165, 1.54) is 11.1 Å². The van der Waals surface area contributed by atoms with E-state index in [1.807, 2.05) is 27.6 Å². The Labute approximate surface area is 195 Å². The molecule has 5 nitrogen and oxygen atoms in total. The van der Waals surface area contributed by atoms with Crippen molar-refractivity contribution in [2.75, 3.05) is 26.2 Å². The molecule has 1 aliphatic heterocycles. The molecule has 5 rings (SSSR count). The third kappa shape index (κ3) is 4.16. The van der Waals surface area contributed by atoms with Crippen molar-refractivity contribution >= 4 is 11.6 Å². The van der Waals surface area contributed by atoms with Crippen LogP contribution in [0.15, 0.2) is 79.0 Å². The van der Waals surface area contributed by atoms with Crippen molar-refractivity contribution in [3.63, 3.8) is 0 Å². The van der Waals surface area contributed by atoms with Crippen LogP contribution < -0.4 is 0 Å². The molecule has 0 unspecified atom stereocenters. The lowest BCUT2D eigenvalue weighted by atomic mass is 9.96.